The zero-order valence-corrected chi connectivity index (χ0v) is 20.1. The van der Waals surface area contributed by atoms with E-state index >= 15 is 0 Å². The first-order valence-electron chi connectivity index (χ1n) is 12.7. The van der Waals surface area contributed by atoms with Gasteiger partial charge in [0, 0.05) is 0 Å². The second kappa shape index (κ2) is 8.66. The van der Waals surface area contributed by atoms with Crippen LogP contribution in [0.25, 0.3) is 43.4 Å². The van der Waals surface area contributed by atoms with Crippen molar-refractivity contribution >= 4 is 32.3 Å². The zero-order valence-electron chi connectivity index (χ0n) is 20.1. The Kier molecular flexibility index (Phi) is 5.03. The quantitative estimate of drug-likeness (QED) is 0.225. The van der Waals surface area contributed by atoms with E-state index in [9.17, 15) is 0 Å². The van der Waals surface area contributed by atoms with Crippen molar-refractivity contribution in [2.45, 2.75) is 12.8 Å². The van der Waals surface area contributed by atoms with Crippen molar-refractivity contribution in [1.29, 1.82) is 0 Å². The van der Waals surface area contributed by atoms with Crippen LogP contribution < -0.4 is 0 Å². The van der Waals surface area contributed by atoms with Gasteiger partial charge in [0.1, 0.15) is 0 Å². The Bertz CT molecular complexity index is 1800. The summed E-state index contributed by atoms with van der Waals surface area (Å²) in [7, 11) is 0. The van der Waals surface area contributed by atoms with E-state index in [1.165, 1.54) is 65.7 Å². The van der Waals surface area contributed by atoms with Gasteiger partial charge in [-0.25, -0.2) is 0 Å². The molecule has 0 heteroatoms. The first kappa shape index (κ1) is 20.9. The number of hydrogen-bond acceptors (Lipinski definition) is 0. The molecule has 0 heterocycles. The molecular formula is C36H26. The smallest absolute Gasteiger partial charge is 0.00176 e. The third kappa shape index (κ3) is 3.54. The Balaban J connectivity index is 1.54. The van der Waals surface area contributed by atoms with Crippen molar-refractivity contribution in [3.63, 3.8) is 0 Å². The van der Waals surface area contributed by atoms with Crippen LogP contribution >= 0.6 is 0 Å². The second-order valence-corrected chi connectivity index (χ2v) is 9.75. The molecule has 0 amide bonds. The van der Waals surface area contributed by atoms with Crippen LogP contribution in [0.15, 0.2) is 133 Å². The van der Waals surface area contributed by atoms with Crippen LogP contribution in [-0.2, 0) is 12.8 Å². The van der Waals surface area contributed by atoms with Crippen molar-refractivity contribution in [2.24, 2.45) is 0 Å². The molecule has 7 aromatic carbocycles. The highest BCUT2D eigenvalue weighted by molar-refractivity contribution is 6.27. The van der Waals surface area contributed by atoms with E-state index in [-0.39, 0.29) is 0 Å². The SMILES string of the molecule is c1ccc(Cc2ccc3ccc4c(Cc5ccccc5)ccc5c(-c6ccccc6)cc2c3c45)cc1. The molecule has 0 fully saturated rings. The summed E-state index contributed by atoms with van der Waals surface area (Å²) in [5.41, 5.74) is 8.04. The molecule has 0 saturated carbocycles. The Labute approximate surface area is 211 Å². The van der Waals surface area contributed by atoms with Crippen molar-refractivity contribution in [3.8, 4) is 11.1 Å². The van der Waals surface area contributed by atoms with Gasteiger partial charge in [0.25, 0.3) is 0 Å². The summed E-state index contributed by atoms with van der Waals surface area (Å²) < 4.78 is 0. The van der Waals surface area contributed by atoms with E-state index in [4.69, 9.17) is 0 Å². The van der Waals surface area contributed by atoms with Crippen LogP contribution in [0.4, 0.5) is 0 Å². The van der Waals surface area contributed by atoms with Crippen molar-refractivity contribution in [2.75, 3.05) is 0 Å². The zero-order chi connectivity index (χ0) is 23.9. The van der Waals surface area contributed by atoms with E-state index in [2.05, 4.69) is 133 Å². The fraction of sp³-hybridized carbons (Fsp3) is 0.0556. The minimum atomic E-state index is 0.931. The Morgan fingerprint density at radius 3 is 1.58 bits per heavy atom. The minimum absolute atomic E-state index is 0.931. The molecule has 0 aliphatic carbocycles. The summed E-state index contributed by atoms with van der Waals surface area (Å²) in [5, 5.41) is 8.17. The molecule has 0 radical (unpaired) electrons. The van der Waals surface area contributed by atoms with Gasteiger partial charge in [0.15, 0.2) is 0 Å². The molecule has 0 atom stereocenters. The van der Waals surface area contributed by atoms with Crippen LogP contribution in [0.1, 0.15) is 22.3 Å². The molecule has 170 valence electrons. The maximum Gasteiger partial charge on any atom is -0.00176 e. The summed E-state index contributed by atoms with van der Waals surface area (Å²) >= 11 is 0. The second-order valence-electron chi connectivity index (χ2n) is 9.75. The van der Waals surface area contributed by atoms with Crippen molar-refractivity contribution < 1.29 is 0 Å². The normalized spacial score (nSPS) is 11.6. The van der Waals surface area contributed by atoms with Crippen LogP contribution in [0, 0.1) is 0 Å². The molecule has 36 heavy (non-hydrogen) atoms. The molecule has 0 bridgehead atoms. The van der Waals surface area contributed by atoms with Gasteiger partial charge < -0.3 is 0 Å². The third-order valence-corrected chi connectivity index (χ3v) is 7.52. The molecule has 0 aromatic heterocycles. The van der Waals surface area contributed by atoms with Gasteiger partial charge in [-0.15, -0.1) is 0 Å². The summed E-state index contributed by atoms with van der Waals surface area (Å²) in [6, 6.07) is 48.9. The van der Waals surface area contributed by atoms with Crippen LogP contribution in [0.2, 0.25) is 0 Å². The fourth-order valence-electron chi connectivity index (χ4n) is 5.80. The predicted octanol–water partition coefficient (Wildman–Crippen LogP) is 9.43. The Morgan fingerprint density at radius 2 is 0.917 bits per heavy atom. The van der Waals surface area contributed by atoms with Gasteiger partial charge in [-0.3, -0.25) is 0 Å². The molecule has 0 nitrogen and oxygen atoms in total. The summed E-state index contributed by atoms with van der Waals surface area (Å²) in [4.78, 5) is 0. The maximum absolute atomic E-state index is 2.44. The number of rotatable bonds is 5. The van der Waals surface area contributed by atoms with Gasteiger partial charge in [0.05, 0.1) is 0 Å². The fourth-order valence-corrected chi connectivity index (χ4v) is 5.80. The standard InChI is InChI=1S/C36H26/c1-4-10-25(11-5-1)22-29-19-21-32-33(27-14-8-3-9-15-27)24-34-30(23-26-12-6-2-7-13-26)17-16-28-18-20-31(29)36(32)35(28)34/h1-21,24H,22-23H2. The molecule has 0 unspecified atom stereocenters. The van der Waals surface area contributed by atoms with E-state index in [1.54, 1.807) is 0 Å². The van der Waals surface area contributed by atoms with Crippen LogP contribution in [-0.4, -0.2) is 0 Å². The van der Waals surface area contributed by atoms with E-state index in [0.29, 0.717) is 0 Å². The van der Waals surface area contributed by atoms with Crippen molar-refractivity contribution in [1.82, 2.24) is 0 Å². The molecule has 7 aromatic rings. The molecule has 0 spiro atoms. The van der Waals surface area contributed by atoms with Crippen LogP contribution in [0.5, 0.6) is 0 Å². The largest absolute Gasteiger partial charge is 0.0622 e. The highest BCUT2D eigenvalue weighted by atomic mass is 14.2. The molecule has 0 saturated heterocycles. The van der Waals surface area contributed by atoms with Crippen molar-refractivity contribution in [3.05, 3.63) is 156 Å². The van der Waals surface area contributed by atoms with E-state index in [1.807, 2.05) is 0 Å². The van der Waals surface area contributed by atoms with E-state index in [0.717, 1.165) is 12.8 Å². The lowest BCUT2D eigenvalue weighted by Gasteiger charge is -2.19. The molecule has 0 N–H and O–H groups in total. The average Bonchev–Trinajstić information content (AvgIpc) is 2.94. The Morgan fingerprint density at radius 1 is 0.389 bits per heavy atom. The first-order chi connectivity index (χ1) is 17.8. The lowest BCUT2D eigenvalue weighted by atomic mass is 9.84. The molecule has 7 rings (SSSR count). The minimum Gasteiger partial charge on any atom is -0.0622 e. The van der Waals surface area contributed by atoms with Gasteiger partial charge in [-0.2, -0.15) is 0 Å². The Hall–Kier alpha value is -4.42. The predicted molar refractivity (Wildman–Crippen MR) is 154 cm³/mol. The van der Waals surface area contributed by atoms with Gasteiger partial charge >= 0.3 is 0 Å². The molecular weight excluding hydrogens is 432 g/mol. The lowest BCUT2D eigenvalue weighted by molar-refractivity contribution is 1.21. The lowest BCUT2D eigenvalue weighted by Crippen LogP contribution is -1.96. The number of benzene rings is 7. The van der Waals surface area contributed by atoms with Gasteiger partial charge in [-0.1, -0.05) is 127 Å². The summed E-state index contributed by atoms with van der Waals surface area (Å²) in [6.45, 7) is 0. The maximum atomic E-state index is 2.44. The summed E-state index contributed by atoms with van der Waals surface area (Å²) in [6.07, 6.45) is 1.87. The highest BCUT2D eigenvalue weighted by Crippen LogP contribution is 2.43. The highest BCUT2D eigenvalue weighted by Gasteiger charge is 2.17. The van der Waals surface area contributed by atoms with Crippen LogP contribution in [0.3, 0.4) is 0 Å². The van der Waals surface area contributed by atoms with Gasteiger partial charge in [-0.05, 0) is 84.6 Å². The first-order valence-corrected chi connectivity index (χ1v) is 12.7. The summed E-state index contributed by atoms with van der Waals surface area (Å²) in [5.74, 6) is 0. The van der Waals surface area contributed by atoms with Gasteiger partial charge in [0.2, 0.25) is 0 Å². The monoisotopic (exact) mass is 458 g/mol. The van der Waals surface area contributed by atoms with E-state index < -0.39 is 0 Å². The average molecular weight is 459 g/mol. The molecule has 0 aliphatic rings. The molecule has 0 aliphatic heterocycles. The third-order valence-electron chi connectivity index (χ3n) is 7.52. The number of hydrogen-bond donors (Lipinski definition) is 0. The topological polar surface area (TPSA) is 0 Å².